The summed E-state index contributed by atoms with van der Waals surface area (Å²) in [6, 6.07) is 4.70. The van der Waals surface area contributed by atoms with E-state index in [1.165, 1.54) is 13.2 Å². The van der Waals surface area contributed by atoms with Gasteiger partial charge < -0.3 is 9.64 Å². The summed E-state index contributed by atoms with van der Waals surface area (Å²) < 4.78 is 4.64. The Bertz CT molecular complexity index is 577. The zero-order valence-corrected chi connectivity index (χ0v) is 11.1. The van der Waals surface area contributed by atoms with Crippen molar-refractivity contribution in [3.05, 3.63) is 28.8 Å². The van der Waals surface area contributed by atoms with Crippen molar-refractivity contribution in [2.45, 2.75) is 6.42 Å². The van der Waals surface area contributed by atoms with E-state index in [1.807, 2.05) is 0 Å². The molecule has 0 aliphatic carbocycles. The predicted octanol–water partition coefficient (Wildman–Crippen LogP) is 2.11. The van der Waals surface area contributed by atoms with E-state index in [1.54, 1.807) is 17.0 Å². The van der Waals surface area contributed by atoms with Gasteiger partial charge in [0, 0.05) is 29.6 Å². The second-order valence-electron chi connectivity index (χ2n) is 4.26. The molecule has 1 aliphatic heterocycles. The van der Waals surface area contributed by atoms with Gasteiger partial charge in [0.1, 0.15) is 0 Å². The maximum Gasteiger partial charge on any atom is 0.337 e. The fourth-order valence-electron chi connectivity index (χ4n) is 2.03. The number of methoxy groups -OCH3 is 1. The first-order chi connectivity index (χ1) is 9.05. The zero-order chi connectivity index (χ0) is 14.0. The number of carbonyl (C=O) groups excluding carboxylic acids is 2. The number of anilines is 1. The van der Waals surface area contributed by atoms with E-state index in [-0.39, 0.29) is 11.8 Å². The Labute approximate surface area is 116 Å². The van der Waals surface area contributed by atoms with E-state index in [0.717, 1.165) is 0 Å². The Morgan fingerprint density at radius 1 is 1.53 bits per heavy atom. The number of hydrogen-bond donors (Lipinski definition) is 0. The third-order valence-electron chi connectivity index (χ3n) is 2.98. The number of esters is 1. The molecule has 1 atom stereocenters. The van der Waals surface area contributed by atoms with E-state index in [9.17, 15) is 9.59 Å². The summed E-state index contributed by atoms with van der Waals surface area (Å²) in [5.74, 6) is 1.90. The van der Waals surface area contributed by atoms with Crippen molar-refractivity contribution in [2.24, 2.45) is 5.92 Å². The highest BCUT2D eigenvalue weighted by atomic mass is 35.5. The minimum absolute atomic E-state index is 0.0685. The van der Waals surface area contributed by atoms with Crippen LogP contribution in [-0.4, -0.2) is 25.5 Å². The number of hydrogen-bond acceptors (Lipinski definition) is 3. The van der Waals surface area contributed by atoms with Crippen molar-refractivity contribution < 1.29 is 14.3 Å². The second kappa shape index (κ2) is 5.33. The highest BCUT2D eigenvalue weighted by Crippen LogP contribution is 2.28. The van der Waals surface area contributed by atoms with Crippen molar-refractivity contribution in [3.63, 3.8) is 0 Å². The summed E-state index contributed by atoms with van der Waals surface area (Å²) in [5, 5.41) is 0.370. The van der Waals surface area contributed by atoms with Crippen LogP contribution < -0.4 is 4.90 Å². The molecular weight excluding hydrogens is 266 g/mol. The Kier molecular flexibility index (Phi) is 3.77. The lowest BCUT2D eigenvalue weighted by molar-refractivity contribution is -0.117. The van der Waals surface area contributed by atoms with Crippen molar-refractivity contribution >= 4 is 29.2 Å². The van der Waals surface area contributed by atoms with Crippen LogP contribution in [0.25, 0.3) is 0 Å². The molecule has 5 heteroatoms. The standard InChI is InChI=1S/C14H12ClNO3/c1-3-9-4-13(17)16(8-9)12-6-10(14(18)19-2)5-11(15)7-12/h1,5-7,9H,4,8H2,2H3. The molecule has 1 heterocycles. The predicted molar refractivity (Wildman–Crippen MR) is 72.1 cm³/mol. The fraction of sp³-hybridized carbons (Fsp3) is 0.286. The van der Waals surface area contributed by atoms with Crippen LogP contribution in [0.15, 0.2) is 18.2 Å². The maximum absolute atomic E-state index is 11.9. The van der Waals surface area contributed by atoms with Gasteiger partial charge in [-0.1, -0.05) is 11.6 Å². The summed E-state index contributed by atoms with van der Waals surface area (Å²) in [5.41, 5.74) is 0.873. The Hall–Kier alpha value is -1.99. The van der Waals surface area contributed by atoms with Crippen LogP contribution in [0.1, 0.15) is 16.8 Å². The Morgan fingerprint density at radius 3 is 2.84 bits per heavy atom. The van der Waals surface area contributed by atoms with Gasteiger partial charge in [0.25, 0.3) is 0 Å². The van der Waals surface area contributed by atoms with Gasteiger partial charge in [-0.2, -0.15) is 0 Å². The molecule has 1 unspecified atom stereocenters. The van der Waals surface area contributed by atoms with E-state index in [4.69, 9.17) is 18.0 Å². The summed E-state index contributed by atoms with van der Waals surface area (Å²) in [4.78, 5) is 24.9. The Balaban J connectivity index is 2.36. The molecule has 0 saturated carbocycles. The number of terminal acetylenes is 1. The van der Waals surface area contributed by atoms with Crippen LogP contribution in [0.5, 0.6) is 0 Å². The van der Waals surface area contributed by atoms with Crippen LogP contribution in [0.4, 0.5) is 5.69 Å². The highest BCUT2D eigenvalue weighted by molar-refractivity contribution is 6.31. The van der Waals surface area contributed by atoms with Gasteiger partial charge in [-0.3, -0.25) is 4.79 Å². The normalized spacial score (nSPS) is 18.3. The lowest BCUT2D eigenvalue weighted by Crippen LogP contribution is -2.24. The molecule has 1 aromatic rings. The third kappa shape index (κ3) is 2.72. The summed E-state index contributed by atoms with van der Waals surface area (Å²) in [6.07, 6.45) is 5.65. The van der Waals surface area contributed by atoms with Crippen LogP contribution in [0.3, 0.4) is 0 Å². The number of ether oxygens (including phenoxy) is 1. The molecule has 1 aliphatic rings. The Morgan fingerprint density at radius 2 is 2.26 bits per heavy atom. The van der Waals surface area contributed by atoms with Crippen molar-refractivity contribution in [1.29, 1.82) is 0 Å². The summed E-state index contributed by atoms with van der Waals surface area (Å²) >= 11 is 5.96. The summed E-state index contributed by atoms with van der Waals surface area (Å²) in [7, 11) is 1.29. The SMILES string of the molecule is C#CC1CC(=O)N(c2cc(Cl)cc(C(=O)OC)c2)C1. The molecule has 1 fully saturated rings. The van der Waals surface area contributed by atoms with Gasteiger partial charge in [-0.25, -0.2) is 4.79 Å². The molecule has 2 rings (SSSR count). The van der Waals surface area contributed by atoms with Gasteiger partial charge in [-0.05, 0) is 18.2 Å². The van der Waals surface area contributed by atoms with Crippen molar-refractivity contribution in [3.8, 4) is 12.3 Å². The van der Waals surface area contributed by atoms with Crippen LogP contribution in [-0.2, 0) is 9.53 Å². The van der Waals surface area contributed by atoms with Crippen LogP contribution in [0, 0.1) is 18.3 Å². The highest BCUT2D eigenvalue weighted by Gasteiger charge is 2.30. The molecule has 1 saturated heterocycles. The van der Waals surface area contributed by atoms with Crippen molar-refractivity contribution in [1.82, 2.24) is 0 Å². The molecule has 98 valence electrons. The summed E-state index contributed by atoms with van der Waals surface area (Å²) in [6.45, 7) is 0.441. The van der Waals surface area contributed by atoms with Gasteiger partial charge in [0.2, 0.25) is 5.91 Å². The molecule has 0 aromatic heterocycles. The van der Waals surface area contributed by atoms with E-state index in [0.29, 0.717) is 29.2 Å². The smallest absolute Gasteiger partial charge is 0.337 e. The van der Waals surface area contributed by atoms with Gasteiger partial charge in [0.05, 0.1) is 12.7 Å². The molecule has 0 radical (unpaired) electrons. The first kappa shape index (κ1) is 13.4. The molecule has 4 nitrogen and oxygen atoms in total. The molecule has 19 heavy (non-hydrogen) atoms. The third-order valence-corrected chi connectivity index (χ3v) is 3.19. The quantitative estimate of drug-likeness (QED) is 0.614. The molecule has 0 bridgehead atoms. The topological polar surface area (TPSA) is 46.6 Å². The van der Waals surface area contributed by atoms with Crippen LogP contribution in [0.2, 0.25) is 5.02 Å². The lowest BCUT2D eigenvalue weighted by Gasteiger charge is -2.17. The van der Waals surface area contributed by atoms with Gasteiger partial charge >= 0.3 is 5.97 Å². The molecule has 0 N–H and O–H groups in total. The zero-order valence-electron chi connectivity index (χ0n) is 10.4. The fourth-order valence-corrected chi connectivity index (χ4v) is 2.26. The molecule has 1 aromatic carbocycles. The first-order valence-electron chi connectivity index (χ1n) is 5.70. The average Bonchev–Trinajstić information content (AvgIpc) is 2.78. The van der Waals surface area contributed by atoms with Crippen LogP contribution >= 0.6 is 11.6 Å². The monoisotopic (exact) mass is 277 g/mol. The largest absolute Gasteiger partial charge is 0.465 e. The number of halogens is 1. The maximum atomic E-state index is 11.9. The minimum Gasteiger partial charge on any atom is -0.465 e. The van der Waals surface area contributed by atoms with Crippen molar-refractivity contribution in [2.75, 3.05) is 18.6 Å². The molecule has 1 amide bonds. The number of nitrogens with zero attached hydrogens (tertiary/aromatic N) is 1. The average molecular weight is 278 g/mol. The lowest BCUT2D eigenvalue weighted by atomic mass is 10.1. The van der Waals surface area contributed by atoms with E-state index in [2.05, 4.69) is 10.7 Å². The first-order valence-corrected chi connectivity index (χ1v) is 6.08. The second-order valence-corrected chi connectivity index (χ2v) is 4.70. The number of carbonyl (C=O) groups is 2. The number of benzene rings is 1. The minimum atomic E-state index is -0.496. The molecular formula is C14H12ClNO3. The number of rotatable bonds is 2. The number of amides is 1. The van der Waals surface area contributed by atoms with Gasteiger partial charge in [0.15, 0.2) is 0 Å². The van der Waals surface area contributed by atoms with Gasteiger partial charge in [-0.15, -0.1) is 12.3 Å². The molecule has 0 spiro atoms. The van der Waals surface area contributed by atoms with E-state index >= 15 is 0 Å². The van der Waals surface area contributed by atoms with E-state index < -0.39 is 5.97 Å².